The van der Waals surface area contributed by atoms with Crippen LogP contribution in [-0.2, 0) is 11.3 Å². The van der Waals surface area contributed by atoms with Gasteiger partial charge in [-0.3, -0.25) is 4.79 Å². The van der Waals surface area contributed by atoms with Gasteiger partial charge in [0.1, 0.15) is 0 Å². The molecule has 0 aromatic heterocycles. The third kappa shape index (κ3) is 5.39. The van der Waals surface area contributed by atoms with Crippen molar-refractivity contribution in [3.63, 3.8) is 0 Å². The van der Waals surface area contributed by atoms with E-state index < -0.39 is 0 Å². The zero-order chi connectivity index (χ0) is 15.3. The number of carbonyl (C=O) groups is 1. The molecule has 1 aromatic rings. The number of primary amides is 1. The number of likely N-dealkylation sites (N-methyl/N-ethyl adjacent to an activating group) is 1. The number of carbonyl (C=O) groups excluding carboxylic acids is 1. The number of hydrogen-bond acceptors (Lipinski definition) is 3. The van der Waals surface area contributed by atoms with Crippen LogP contribution < -0.4 is 16.0 Å². The second-order valence-electron chi connectivity index (χ2n) is 5.86. The van der Waals surface area contributed by atoms with Gasteiger partial charge < -0.3 is 16.0 Å². The molecule has 0 unspecified atom stereocenters. The predicted octanol–water partition coefficient (Wildman–Crippen LogP) is 2.54. The fourth-order valence-electron chi connectivity index (χ4n) is 1.90. The van der Waals surface area contributed by atoms with Crippen molar-refractivity contribution < 1.29 is 4.79 Å². The van der Waals surface area contributed by atoms with Crippen LogP contribution in [0.4, 0.5) is 5.69 Å². The van der Waals surface area contributed by atoms with Crippen LogP contribution in [0.5, 0.6) is 0 Å². The van der Waals surface area contributed by atoms with Crippen LogP contribution in [0.25, 0.3) is 0 Å². The number of hydrogen-bond donors (Lipinski definition) is 2. The van der Waals surface area contributed by atoms with Crippen LogP contribution in [0.3, 0.4) is 0 Å². The molecule has 0 saturated heterocycles. The first-order valence-electron chi connectivity index (χ1n) is 6.79. The Hall–Kier alpha value is -1.26. The number of rotatable bonds is 6. The molecule has 0 aliphatic carbocycles. The molecule has 0 radical (unpaired) electrons. The van der Waals surface area contributed by atoms with Crippen molar-refractivity contribution in [1.82, 2.24) is 5.32 Å². The highest BCUT2D eigenvalue weighted by Gasteiger charge is 2.15. The van der Waals surface area contributed by atoms with E-state index in [2.05, 4.69) is 26.1 Å². The first kappa shape index (κ1) is 16.8. The van der Waals surface area contributed by atoms with Gasteiger partial charge in [0.15, 0.2) is 0 Å². The van der Waals surface area contributed by atoms with Crippen molar-refractivity contribution in [3.05, 3.63) is 28.8 Å². The van der Waals surface area contributed by atoms with E-state index in [0.717, 1.165) is 11.3 Å². The first-order chi connectivity index (χ1) is 9.23. The predicted molar refractivity (Wildman–Crippen MR) is 85.1 cm³/mol. The molecular weight excluding hydrogens is 274 g/mol. The minimum Gasteiger partial charge on any atom is -0.368 e. The Labute approximate surface area is 126 Å². The zero-order valence-corrected chi connectivity index (χ0v) is 13.4. The molecule has 1 rings (SSSR count). The minimum absolute atomic E-state index is 0.0254. The van der Waals surface area contributed by atoms with Gasteiger partial charge in [-0.25, -0.2) is 0 Å². The average Bonchev–Trinajstić information content (AvgIpc) is 2.33. The van der Waals surface area contributed by atoms with Crippen LogP contribution in [-0.4, -0.2) is 24.5 Å². The van der Waals surface area contributed by atoms with Crippen molar-refractivity contribution in [2.45, 2.75) is 39.8 Å². The lowest BCUT2D eigenvalue weighted by atomic mass is 10.1. The van der Waals surface area contributed by atoms with Crippen LogP contribution in [0, 0.1) is 0 Å². The molecule has 0 fully saturated rings. The van der Waals surface area contributed by atoms with Gasteiger partial charge in [0, 0.05) is 29.3 Å². The van der Waals surface area contributed by atoms with E-state index in [9.17, 15) is 4.79 Å². The molecule has 0 spiro atoms. The smallest absolute Gasteiger partial charge is 0.236 e. The first-order valence-corrected chi connectivity index (χ1v) is 7.17. The Morgan fingerprint density at radius 1 is 1.40 bits per heavy atom. The molecule has 112 valence electrons. The Bertz CT molecular complexity index is 469. The zero-order valence-electron chi connectivity index (χ0n) is 12.7. The van der Waals surface area contributed by atoms with Gasteiger partial charge in [-0.2, -0.15) is 0 Å². The van der Waals surface area contributed by atoms with Crippen LogP contribution >= 0.6 is 11.6 Å². The van der Waals surface area contributed by atoms with Gasteiger partial charge in [-0.15, -0.1) is 0 Å². The number of anilines is 1. The minimum atomic E-state index is -0.346. The highest BCUT2D eigenvalue weighted by atomic mass is 35.5. The van der Waals surface area contributed by atoms with Crippen LogP contribution in [0.1, 0.15) is 33.3 Å². The number of amides is 1. The van der Waals surface area contributed by atoms with Crippen LogP contribution in [0.2, 0.25) is 5.02 Å². The van der Waals surface area contributed by atoms with Gasteiger partial charge in [0.05, 0.1) is 6.54 Å². The SMILES string of the molecule is CCN(CC(N)=O)c1cc(Cl)ccc1CNC(C)(C)C. The highest BCUT2D eigenvalue weighted by Crippen LogP contribution is 2.25. The monoisotopic (exact) mass is 297 g/mol. The fourth-order valence-corrected chi connectivity index (χ4v) is 2.06. The second-order valence-corrected chi connectivity index (χ2v) is 6.29. The van der Waals surface area contributed by atoms with Crippen LogP contribution in [0.15, 0.2) is 18.2 Å². The van der Waals surface area contributed by atoms with E-state index in [1.807, 2.05) is 30.0 Å². The number of nitrogens with one attached hydrogen (secondary N) is 1. The number of nitrogens with zero attached hydrogens (tertiary/aromatic N) is 1. The van der Waals surface area contributed by atoms with Crippen molar-refractivity contribution in [2.24, 2.45) is 5.73 Å². The van der Waals surface area contributed by atoms with Gasteiger partial charge in [0.2, 0.25) is 5.91 Å². The number of halogens is 1. The Balaban J connectivity index is 3.02. The van der Waals surface area contributed by atoms with Crippen molar-refractivity contribution >= 4 is 23.2 Å². The standard InChI is InChI=1S/C15H24ClN3O/c1-5-19(10-14(17)20)13-8-12(16)7-6-11(13)9-18-15(2,3)4/h6-8,18H,5,9-10H2,1-4H3,(H2,17,20). The molecule has 1 amide bonds. The molecule has 0 atom stereocenters. The van der Waals surface area contributed by atoms with E-state index in [4.69, 9.17) is 17.3 Å². The van der Waals surface area contributed by atoms with Crippen molar-refractivity contribution in [2.75, 3.05) is 18.0 Å². The summed E-state index contributed by atoms with van der Waals surface area (Å²) in [6, 6.07) is 5.73. The number of benzene rings is 1. The van der Waals surface area contributed by atoms with Gasteiger partial charge in [-0.1, -0.05) is 17.7 Å². The topological polar surface area (TPSA) is 58.4 Å². The van der Waals surface area contributed by atoms with Gasteiger partial charge in [0.25, 0.3) is 0 Å². The van der Waals surface area contributed by atoms with E-state index >= 15 is 0 Å². The molecule has 0 aliphatic rings. The summed E-state index contributed by atoms with van der Waals surface area (Å²) in [5.74, 6) is -0.346. The fraction of sp³-hybridized carbons (Fsp3) is 0.533. The summed E-state index contributed by atoms with van der Waals surface area (Å²) < 4.78 is 0. The van der Waals surface area contributed by atoms with E-state index in [1.165, 1.54) is 0 Å². The maximum atomic E-state index is 11.2. The van der Waals surface area contributed by atoms with Gasteiger partial charge in [-0.05, 0) is 45.4 Å². The summed E-state index contributed by atoms with van der Waals surface area (Å²) in [7, 11) is 0. The van der Waals surface area contributed by atoms with E-state index in [0.29, 0.717) is 18.1 Å². The summed E-state index contributed by atoms with van der Waals surface area (Å²) in [5.41, 5.74) is 7.39. The quantitative estimate of drug-likeness (QED) is 0.848. The molecule has 20 heavy (non-hydrogen) atoms. The molecule has 1 aromatic carbocycles. The maximum Gasteiger partial charge on any atom is 0.236 e. The van der Waals surface area contributed by atoms with Crippen molar-refractivity contribution in [1.29, 1.82) is 0 Å². The second kappa shape index (κ2) is 6.95. The van der Waals surface area contributed by atoms with E-state index in [1.54, 1.807) is 0 Å². The van der Waals surface area contributed by atoms with Crippen molar-refractivity contribution in [3.8, 4) is 0 Å². The normalized spacial score (nSPS) is 11.4. The summed E-state index contributed by atoms with van der Waals surface area (Å²) in [5, 5.41) is 4.10. The lowest BCUT2D eigenvalue weighted by Crippen LogP contribution is -2.37. The molecule has 4 nitrogen and oxygen atoms in total. The summed E-state index contributed by atoms with van der Waals surface area (Å²) in [6.45, 7) is 9.94. The summed E-state index contributed by atoms with van der Waals surface area (Å²) in [6.07, 6.45) is 0. The molecule has 0 heterocycles. The molecule has 5 heteroatoms. The summed E-state index contributed by atoms with van der Waals surface area (Å²) in [4.78, 5) is 13.1. The Morgan fingerprint density at radius 3 is 2.55 bits per heavy atom. The summed E-state index contributed by atoms with van der Waals surface area (Å²) >= 11 is 6.08. The molecule has 0 saturated carbocycles. The molecule has 0 bridgehead atoms. The highest BCUT2D eigenvalue weighted by molar-refractivity contribution is 6.30. The van der Waals surface area contributed by atoms with E-state index in [-0.39, 0.29) is 18.0 Å². The lowest BCUT2D eigenvalue weighted by molar-refractivity contribution is -0.116. The maximum absolute atomic E-state index is 11.2. The number of nitrogens with two attached hydrogens (primary N) is 1. The Morgan fingerprint density at radius 2 is 2.05 bits per heavy atom. The average molecular weight is 298 g/mol. The molecular formula is C15H24ClN3O. The molecule has 3 N–H and O–H groups in total. The molecule has 0 aliphatic heterocycles. The lowest BCUT2D eigenvalue weighted by Gasteiger charge is -2.27. The third-order valence-electron chi connectivity index (χ3n) is 2.93. The largest absolute Gasteiger partial charge is 0.368 e. The Kier molecular flexibility index (Phi) is 5.84. The van der Waals surface area contributed by atoms with Gasteiger partial charge >= 0.3 is 0 Å². The third-order valence-corrected chi connectivity index (χ3v) is 3.16.